The molecule has 0 saturated heterocycles. The van der Waals surface area contributed by atoms with Crippen molar-refractivity contribution in [3.05, 3.63) is 35.9 Å². The third-order valence-electron chi connectivity index (χ3n) is 5.04. The second kappa shape index (κ2) is 7.95. The van der Waals surface area contributed by atoms with Gasteiger partial charge >= 0.3 is 0 Å². The Balaban J connectivity index is 2.01. The molecule has 2 heteroatoms. The molecule has 3 atom stereocenters. The molecular formula is C19H32N2. The van der Waals surface area contributed by atoms with Crippen LogP contribution in [0.25, 0.3) is 0 Å². The van der Waals surface area contributed by atoms with Crippen LogP contribution in [0.1, 0.15) is 45.6 Å². The van der Waals surface area contributed by atoms with Gasteiger partial charge in [0.2, 0.25) is 0 Å². The normalized spacial score (nSPS) is 26.5. The van der Waals surface area contributed by atoms with Crippen LogP contribution in [0.3, 0.4) is 0 Å². The SMILES string of the molecule is CNC1CCC(C)CC1CN(Cc1ccccc1)C(C)C. The van der Waals surface area contributed by atoms with Gasteiger partial charge in [-0.1, -0.05) is 37.3 Å². The molecule has 1 aromatic carbocycles. The number of nitrogens with zero attached hydrogens (tertiary/aromatic N) is 1. The molecule has 1 saturated carbocycles. The Labute approximate surface area is 130 Å². The maximum Gasteiger partial charge on any atom is 0.0236 e. The first kappa shape index (κ1) is 16.5. The van der Waals surface area contributed by atoms with E-state index < -0.39 is 0 Å². The molecule has 2 nitrogen and oxygen atoms in total. The number of hydrogen-bond acceptors (Lipinski definition) is 2. The molecule has 0 aromatic heterocycles. The predicted octanol–water partition coefficient (Wildman–Crippen LogP) is 3.92. The standard InChI is InChI=1S/C19H32N2/c1-15(2)21(13-17-8-6-5-7-9-17)14-18-12-16(3)10-11-19(18)20-4/h5-9,15-16,18-20H,10-14H2,1-4H3. The highest BCUT2D eigenvalue weighted by atomic mass is 15.2. The van der Waals surface area contributed by atoms with E-state index in [0.717, 1.165) is 18.4 Å². The first-order valence-corrected chi connectivity index (χ1v) is 8.55. The number of rotatable bonds is 6. The monoisotopic (exact) mass is 288 g/mol. The fourth-order valence-electron chi connectivity index (χ4n) is 3.66. The van der Waals surface area contributed by atoms with Crippen LogP contribution in [-0.2, 0) is 6.54 Å². The van der Waals surface area contributed by atoms with Crippen molar-refractivity contribution in [1.29, 1.82) is 0 Å². The Morgan fingerprint density at radius 2 is 1.90 bits per heavy atom. The first-order valence-electron chi connectivity index (χ1n) is 8.55. The van der Waals surface area contributed by atoms with Gasteiger partial charge in [0.05, 0.1) is 0 Å². The van der Waals surface area contributed by atoms with E-state index in [9.17, 15) is 0 Å². The van der Waals surface area contributed by atoms with Crippen LogP contribution in [0, 0.1) is 11.8 Å². The van der Waals surface area contributed by atoms with Crippen molar-refractivity contribution >= 4 is 0 Å². The molecule has 0 aliphatic heterocycles. The summed E-state index contributed by atoms with van der Waals surface area (Å²) in [6, 6.07) is 12.2. The van der Waals surface area contributed by atoms with Gasteiger partial charge in [0, 0.05) is 25.2 Å². The van der Waals surface area contributed by atoms with E-state index in [-0.39, 0.29) is 0 Å². The molecule has 2 rings (SSSR count). The minimum atomic E-state index is 0.597. The van der Waals surface area contributed by atoms with Gasteiger partial charge in [-0.25, -0.2) is 0 Å². The van der Waals surface area contributed by atoms with Crippen LogP contribution >= 0.6 is 0 Å². The average molecular weight is 288 g/mol. The molecule has 1 aliphatic rings. The first-order chi connectivity index (χ1) is 10.1. The molecule has 0 heterocycles. The van der Waals surface area contributed by atoms with Crippen molar-refractivity contribution in [1.82, 2.24) is 10.2 Å². The summed E-state index contributed by atoms with van der Waals surface area (Å²) in [5, 5.41) is 3.56. The fourth-order valence-corrected chi connectivity index (χ4v) is 3.66. The molecule has 0 amide bonds. The van der Waals surface area contributed by atoms with E-state index in [1.54, 1.807) is 0 Å². The summed E-state index contributed by atoms with van der Waals surface area (Å²) in [4.78, 5) is 2.64. The second-order valence-corrected chi connectivity index (χ2v) is 7.08. The summed E-state index contributed by atoms with van der Waals surface area (Å²) in [5.74, 6) is 1.66. The summed E-state index contributed by atoms with van der Waals surface area (Å²) in [6.07, 6.45) is 4.07. The van der Waals surface area contributed by atoms with Crippen LogP contribution in [0.15, 0.2) is 30.3 Å². The lowest BCUT2D eigenvalue weighted by molar-refractivity contribution is 0.121. The van der Waals surface area contributed by atoms with Crippen molar-refractivity contribution in [2.24, 2.45) is 11.8 Å². The van der Waals surface area contributed by atoms with Gasteiger partial charge in [-0.2, -0.15) is 0 Å². The molecule has 0 spiro atoms. The van der Waals surface area contributed by atoms with Crippen molar-refractivity contribution in [2.45, 2.75) is 58.7 Å². The van der Waals surface area contributed by atoms with Crippen molar-refractivity contribution in [3.8, 4) is 0 Å². The number of benzene rings is 1. The minimum absolute atomic E-state index is 0.597. The van der Waals surface area contributed by atoms with E-state index in [1.807, 2.05) is 0 Å². The Morgan fingerprint density at radius 3 is 2.52 bits per heavy atom. The van der Waals surface area contributed by atoms with E-state index in [4.69, 9.17) is 0 Å². The van der Waals surface area contributed by atoms with Gasteiger partial charge in [-0.15, -0.1) is 0 Å². The molecule has 118 valence electrons. The molecule has 0 radical (unpaired) electrons. The molecule has 1 fully saturated rings. The Bertz CT molecular complexity index is 401. The molecule has 3 unspecified atom stereocenters. The minimum Gasteiger partial charge on any atom is -0.317 e. The summed E-state index contributed by atoms with van der Waals surface area (Å²) < 4.78 is 0. The molecule has 21 heavy (non-hydrogen) atoms. The van der Waals surface area contributed by atoms with Crippen LogP contribution < -0.4 is 5.32 Å². The van der Waals surface area contributed by atoms with Crippen LogP contribution in [0.4, 0.5) is 0 Å². The quantitative estimate of drug-likeness (QED) is 0.853. The van der Waals surface area contributed by atoms with Crippen molar-refractivity contribution in [3.63, 3.8) is 0 Å². The van der Waals surface area contributed by atoms with Gasteiger partial charge in [0.25, 0.3) is 0 Å². The maximum absolute atomic E-state index is 3.56. The average Bonchev–Trinajstić information content (AvgIpc) is 2.48. The zero-order chi connectivity index (χ0) is 15.2. The fraction of sp³-hybridized carbons (Fsp3) is 0.684. The third kappa shape index (κ3) is 4.82. The van der Waals surface area contributed by atoms with E-state index in [2.05, 4.69) is 68.4 Å². The molecule has 0 bridgehead atoms. The van der Waals surface area contributed by atoms with Gasteiger partial charge in [-0.05, 0) is 57.6 Å². The number of nitrogens with one attached hydrogen (secondary N) is 1. The van der Waals surface area contributed by atoms with E-state index >= 15 is 0 Å². The molecular weight excluding hydrogens is 256 g/mol. The highest BCUT2D eigenvalue weighted by Crippen LogP contribution is 2.30. The molecule has 1 N–H and O–H groups in total. The van der Waals surface area contributed by atoms with Crippen LogP contribution in [-0.4, -0.2) is 30.6 Å². The van der Waals surface area contributed by atoms with Crippen LogP contribution in [0.2, 0.25) is 0 Å². The van der Waals surface area contributed by atoms with Crippen molar-refractivity contribution in [2.75, 3.05) is 13.6 Å². The molecule has 1 aromatic rings. The predicted molar refractivity (Wildman–Crippen MR) is 91.3 cm³/mol. The third-order valence-corrected chi connectivity index (χ3v) is 5.04. The number of hydrogen-bond donors (Lipinski definition) is 1. The van der Waals surface area contributed by atoms with Gasteiger partial charge in [-0.3, -0.25) is 4.90 Å². The lowest BCUT2D eigenvalue weighted by Crippen LogP contribution is -2.45. The van der Waals surface area contributed by atoms with Gasteiger partial charge < -0.3 is 5.32 Å². The highest BCUT2D eigenvalue weighted by Gasteiger charge is 2.29. The van der Waals surface area contributed by atoms with Gasteiger partial charge in [0.15, 0.2) is 0 Å². The zero-order valence-electron chi connectivity index (χ0n) is 14.2. The Morgan fingerprint density at radius 1 is 1.19 bits per heavy atom. The van der Waals surface area contributed by atoms with Crippen molar-refractivity contribution < 1.29 is 0 Å². The topological polar surface area (TPSA) is 15.3 Å². The highest BCUT2D eigenvalue weighted by molar-refractivity contribution is 5.14. The van der Waals surface area contributed by atoms with E-state index in [0.29, 0.717) is 12.1 Å². The Hall–Kier alpha value is -0.860. The maximum atomic E-state index is 3.56. The summed E-state index contributed by atoms with van der Waals surface area (Å²) in [7, 11) is 2.13. The largest absolute Gasteiger partial charge is 0.317 e. The van der Waals surface area contributed by atoms with E-state index in [1.165, 1.54) is 31.4 Å². The smallest absolute Gasteiger partial charge is 0.0236 e. The lowest BCUT2D eigenvalue weighted by Gasteiger charge is -2.39. The zero-order valence-corrected chi connectivity index (χ0v) is 14.2. The summed E-state index contributed by atoms with van der Waals surface area (Å²) >= 11 is 0. The van der Waals surface area contributed by atoms with Crippen LogP contribution in [0.5, 0.6) is 0 Å². The second-order valence-electron chi connectivity index (χ2n) is 7.08. The summed E-state index contributed by atoms with van der Waals surface area (Å²) in [5.41, 5.74) is 1.43. The van der Waals surface area contributed by atoms with Gasteiger partial charge in [0.1, 0.15) is 0 Å². The molecule has 1 aliphatic carbocycles. The Kier molecular flexibility index (Phi) is 6.25. The lowest BCUT2D eigenvalue weighted by atomic mass is 9.78. The summed E-state index contributed by atoms with van der Waals surface area (Å²) in [6.45, 7) is 9.34.